The van der Waals surface area contributed by atoms with Gasteiger partial charge in [0.2, 0.25) is 5.91 Å². The Morgan fingerprint density at radius 3 is 2.81 bits per heavy atom. The quantitative estimate of drug-likeness (QED) is 0.617. The number of carbonyl (C=O) groups excluding carboxylic acids is 1. The van der Waals surface area contributed by atoms with E-state index in [9.17, 15) is 9.59 Å². The predicted octanol–water partition coefficient (Wildman–Crippen LogP) is 2.53. The molecule has 0 fully saturated rings. The molecule has 1 N–H and O–H groups in total. The van der Waals surface area contributed by atoms with E-state index in [1.54, 1.807) is 24.5 Å². The lowest BCUT2D eigenvalue weighted by atomic mass is 10.00. The first-order valence-electron chi connectivity index (χ1n) is 8.44. The minimum absolute atomic E-state index is 0.123. The van der Waals surface area contributed by atoms with Crippen LogP contribution in [0.3, 0.4) is 0 Å². The molecular weight excluding hydrogens is 328 g/mol. The first-order chi connectivity index (χ1) is 12.6. The molecule has 0 aliphatic rings. The Labute approximate surface area is 149 Å². The Hall–Kier alpha value is -3.41. The van der Waals surface area contributed by atoms with Crippen molar-refractivity contribution in [1.29, 1.82) is 0 Å². The molecule has 2 aromatic heterocycles. The van der Waals surface area contributed by atoms with Crippen LogP contribution in [0, 0.1) is 0 Å². The van der Waals surface area contributed by atoms with Crippen LogP contribution < -0.4 is 11.0 Å². The molecule has 6 heteroatoms. The second-order valence-corrected chi connectivity index (χ2v) is 6.25. The van der Waals surface area contributed by atoms with E-state index in [0.717, 1.165) is 21.0 Å². The average molecular weight is 346 g/mol. The van der Waals surface area contributed by atoms with E-state index in [1.165, 1.54) is 4.40 Å². The van der Waals surface area contributed by atoms with Crippen LogP contribution in [-0.2, 0) is 11.3 Å². The second kappa shape index (κ2) is 6.48. The summed E-state index contributed by atoms with van der Waals surface area (Å²) in [6.45, 7) is 1.81. The molecular formula is C20H18N4O2. The molecule has 0 radical (unpaired) electrons. The van der Waals surface area contributed by atoms with E-state index in [0.29, 0.717) is 5.52 Å². The number of fused-ring (bicyclic) bond motifs is 2. The number of nitrogens with one attached hydrogen (secondary N) is 1. The van der Waals surface area contributed by atoms with E-state index in [1.807, 2.05) is 49.4 Å². The molecule has 130 valence electrons. The molecule has 4 rings (SSSR count). The van der Waals surface area contributed by atoms with Crippen molar-refractivity contribution < 1.29 is 4.79 Å². The van der Waals surface area contributed by atoms with Gasteiger partial charge in [0.15, 0.2) is 0 Å². The molecule has 0 aliphatic heterocycles. The van der Waals surface area contributed by atoms with Gasteiger partial charge in [-0.25, -0.2) is 9.48 Å². The Morgan fingerprint density at radius 2 is 1.92 bits per heavy atom. The van der Waals surface area contributed by atoms with E-state index in [4.69, 9.17) is 0 Å². The molecule has 0 saturated heterocycles. The van der Waals surface area contributed by atoms with Crippen molar-refractivity contribution in [2.24, 2.45) is 0 Å². The third-order valence-corrected chi connectivity index (χ3v) is 4.50. The maximum atomic E-state index is 12.4. The molecule has 1 amide bonds. The zero-order valence-corrected chi connectivity index (χ0v) is 14.3. The summed E-state index contributed by atoms with van der Waals surface area (Å²) in [5.74, 6) is -0.258. The Morgan fingerprint density at radius 1 is 1.12 bits per heavy atom. The highest BCUT2D eigenvalue weighted by atomic mass is 16.2. The fourth-order valence-electron chi connectivity index (χ4n) is 3.21. The van der Waals surface area contributed by atoms with Gasteiger partial charge in [0, 0.05) is 6.20 Å². The number of hydrogen-bond acceptors (Lipinski definition) is 3. The number of rotatable bonds is 4. The molecule has 0 bridgehead atoms. The van der Waals surface area contributed by atoms with E-state index >= 15 is 0 Å². The topological polar surface area (TPSA) is 68.4 Å². The van der Waals surface area contributed by atoms with Gasteiger partial charge in [-0.15, -0.1) is 0 Å². The lowest BCUT2D eigenvalue weighted by Crippen LogP contribution is -2.36. The van der Waals surface area contributed by atoms with Crippen LogP contribution >= 0.6 is 0 Å². The number of hydrogen-bond donors (Lipinski definition) is 1. The van der Waals surface area contributed by atoms with Gasteiger partial charge in [0.1, 0.15) is 6.54 Å². The zero-order valence-electron chi connectivity index (χ0n) is 14.3. The van der Waals surface area contributed by atoms with Gasteiger partial charge < -0.3 is 5.32 Å². The first kappa shape index (κ1) is 16.1. The molecule has 6 nitrogen and oxygen atoms in total. The van der Waals surface area contributed by atoms with Crippen molar-refractivity contribution in [3.63, 3.8) is 0 Å². The normalized spacial score (nSPS) is 12.3. The minimum atomic E-state index is -0.333. The molecule has 2 heterocycles. The van der Waals surface area contributed by atoms with Gasteiger partial charge in [-0.1, -0.05) is 42.5 Å². The third kappa shape index (κ3) is 2.86. The van der Waals surface area contributed by atoms with Gasteiger partial charge in [0.05, 0.1) is 17.8 Å². The number of nitrogens with zero attached hydrogens (tertiary/aromatic N) is 3. The Bertz CT molecular complexity index is 1150. The van der Waals surface area contributed by atoms with Crippen molar-refractivity contribution in [1.82, 2.24) is 19.5 Å². The highest BCUT2D eigenvalue weighted by Crippen LogP contribution is 2.23. The van der Waals surface area contributed by atoms with Gasteiger partial charge in [-0.2, -0.15) is 5.10 Å². The minimum Gasteiger partial charge on any atom is -0.348 e. The van der Waals surface area contributed by atoms with Crippen molar-refractivity contribution in [3.05, 3.63) is 83.0 Å². The molecule has 2 aromatic carbocycles. The van der Waals surface area contributed by atoms with E-state index in [-0.39, 0.29) is 24.2 Å². The molecule has 0 spiro atoms. The van der Waals surface area contributed by atoms with Gasteiger partial charge in [-0.05, 0) is 35.4 Å². The van der Waals surface area contributed by atoms with Crippen molar-refractivity contribution in [2.75, 3.05) is 0 Å². The standard InChI is InChI=1S/C20H18N4O2/c1-14(17-10-4-7-15-6-2-3-9-18(15)17)22-19(25)13-24-20(26)23-11-5-8-16(23)12-21-24/h2-12,14H,13H2,1H3,(H,22,25)/t14-/m0/s1. The summed E-state index contributed by atoms with van der Waals surface area (Å²) in [7, 11) is 0. The third-order valence-electron chi connectivity index (χ3n) is 4.50. The van der Waals surface area contributed by atoms with E-state index in [2.05, 4.69) is 10.4 Å². The molecule has 26 heavy (non-hydrogen) atoms. The van der Waals surface area contributed by atoms with Crippen LogP contribution in [0.4, 0.5) is 0 Å². The maximum absolute atomic E-state index is 12.4. The summed E-state index contributed by atoms with van der Waals surface area (Å²) in [5.41, 5.74) is 1.41. The summed E-state index contributed by atoms with van der Waals surface area (Å²) in [5, 5.41) is 9.26. The van der Waals surface area contributed by atoms with Gasteiger partial charge in [0.25, 0.3) is 0 Å². The van der Waals surface area contributed by atoms with Crippen LogP contribution in [0.1, 0.15) is 18.5 Å². The summed E-state index contributed by atoms with van der Waals surface area (Å²) in [6, 6.07) is 17.5. The van der Waals surface area contributed by atoms with Crippen LogP contribution in [0.5, 0.6) is 0 Å². The molecule has 4 aromatic rings. The summed E-state index contributed by atoms with van der Waals surface area (Å²) in [4.78, 5) is 24.8. The van der Waals surface area contributed by atoms with Crippen LogP contribution in [-0.4, -0.2) is 20.1 Å². The number of amides is 1. The second-order valence-electron chi connectivity index (χ2n) is 6.25. The molecule has 0 saturated carbocycles. The fraction of sp³-hybridized carbons (Fsp3) is 0.150. The molecule has 1 atom stereocenters. The highest BCUT2D eigenvalue weighted by molar-refractivity contribution is 5.86. The predicted molar refractivity (Wildman–Crippen MR) is 100.0 cm³/mol. The summed E-state index contributed by atoms with van der Waals surface area (Å²) < 4.78 is 2.63. The summed E-state index contributed by atoms with van der Waals surface area (Å²) >= 11 is 0. The highest BCUT2D eigenvalue weighted by Gasteiger charge is 2.14. The van der Waals surface area contributed by atoms with Gasteiger partial charge >= 0.3 is 5.69 Å². The smallest absolute Gasteiger partial charge is 0.348 e. The summed E-state index contributed by atoms with van der Waals surface area (Å²) in [6.07, 6.45) is 3.23. The lowest BCUT2D eigenvalue weighted by Gasteiger charge is -2.17. The lowest BCUT2D eigenvalue weighted by molar-refractivity contribution is -0.122. The zero-order chi connectivity index (χ0) is 18.1. The van der Waals surface area contributed by atoms with Crippen LogP contribution in [0.25, 0.3) is 16.3 Å². The van der Waals surface area contributed by atoms with Crippen molar-refractivity contribution in [3.8, 4) is 0 Å². The SMILES string of the molecule is C[C@H](NC(=O)Cn1ncc2cccn2c1=O)c1cccc2ccccc12. The van der Waals surface area contributed by atoms with Crippen molar-refractivity contribution in [2.45, 2.75) is 19.5 Å². The Kier molecular flexibility index (Phi) is 4.01. The number of benzene rings is 2. The Balaban J connectivity index is 1.55. The van der Waals surface area contributed by atoms with Crippen molar-refractivity contribution >= 4 is 22.2 Å². The largest absolute Gasteiger partial charge is 0.349 e. The van der Waals surface area contributed by atoms with Crippen LogP contribution in [0.15, 0.2) is 71.8 Å². The molecule has 0 aliphatic carbocycles. The van der Waals surface area contributed by atoms with Crippen LogP contribution in [0.2, 0.25) is 0 Å². The van der Waals surface area contributed by atoms with E-state index < -0.39 is 0 Å². The van der Waals surface area contributed by atoms with Gasteiger partial charge in [-0.3, -0.25) is 9.20 Å². The monoisotopic (exact) mass is 346 g/mol. The molecule has 0 unspecified atom stereocenters. The maximum Gasteiger partial charge on any atom is 0.349 e. The number of aromatic nitrogens is 3. The number of carbonyl (C=O) groups is 1. The fourth-order valence-corrected chi connectivity index (χ4v) is 3.21. The first-order valence-corrected chi connectivity index (χ1v) is 8.44. The average Bonchev–Trinajstić information content (AvgIpc) is 3.13.